The first-order chi connectivity index (χ1) is 9.73. The molecule has 1 aliphatic rings. The Hall–Kier alpha value is -1.18. The molecule has 1 heterocycles. The molecule has 0 radical (unpaired) electrons. The molecule has 1 saturated heterocycles. The fraction of sp³-hybridized carbons (Fsp3) is 0.571. The Balaban J connectivity index is 2.26. The minimum absolute atomic E-state index is 0.290. The van der Waals surface area contributed by atoms with Crippen molar-refractivity contribution in [2.24, 2.45) is 0 Å². The van der Waals surface area contributed by atoms with Crippen molar-refractivity contribution in [1.82, 2.24) is 9.21 Å². The lowest BCUT2D eigenvalue weighted by molar-refractivity contribution is 0.196. The van der Waals surface area contributed by atoms with Crippen molar-refractivity contribution in [3.63, 3.8) is 0 Å². The van der Waals surface area contributed by atoms with Crippen LogP contribution < -0.4 is 5.73 Å². The van der Waals surface area contributed by atoms with Gasteiger partial charge in [0.15, 0.2) is 0 Å². The summed E-state index contributed by atoms with van der Waals surface area (Å²) < 4.78 is 40.5. The summed E-state index contributed by atoms with van der Waals surface area (Å²) in [6.07, 6.45) is 1.49. The molecule has 2 N–H and O–H groups in total. The second-order valence-electron chi connectivity index (χ2n) is 5.74. The molecule has 0 unspecified atom stereocenters. The minimum Gasteiger partial charge on any atom is -0.398 e. The van der Waals surface area contributed by atoms with Gasteiger partial charge in [0.2, 0.25) is 10.0 Å². The second-order valence-corrected chi connectivity index (χ2v) is 7.64. The number of sulfonamides is 1. The van der Waals surface area contributed by atoms with Gasteiger partial charge in [0.25, 0.3) is 0 Å². The molecule has 0 bridgehead atoms. The third-order valence-corrected chi connectivity index (χ3v) is 6.01. The summed E-state index contributed by atoms with van der Waals surface area (Å²) in [7, 11) is 0.141. The Bertz CT molecular complexity index is 623. The van der Waals surface area contributed by atoms with E-state index in [4.69, 9.17) is 5.73 Å². The Morgan fingerprint density at radius 3 is 2.38 bits per heavy atom. The molecule has 0 aliphatic carbocycles. The molecule has 118 valence electrons. The summed E-state index contributed by atoms with van der Waals surface area (Å²) in [5, 5.41) is 0. The highest BCUT2D eigenvalue weighted by molar-refractivity contribution is 7.89. The van der Waals surface area contributed by atoms with Crippen molar-refractivity contribution in [3.8, 4) is 0 Å². The number of halogens is 1. The van der Waals surface area contributed by atoms with Crippen LogP contribution in [0.4, 0.5) is 10.1 Å². The number of nitrogen functional groups attached to an aromatic ring is 1. The van der Waals surface area contributed by atoms with Crippen LogP contribution in [0.3, 0.4) is 0 Å². The van der Waals surface area contributed by atoms with E-state index in [1.165, 1.54) is 16.4 Å². The largest absolute Gasteiger partial charge is 0.398 e. The van der Waals surface area contributed by atoms with Gasteiger partial charge in [-0.1, -0.05) is 0 Å². The van der Waals surface area contributed by atoms with E-state index in [1.807, 2.05) is 14.1 Å². The van der Waals surface area contributed by atoms with Gasteiger partial charge < -0.3 is 10.6 Å². The van der Waals surface area contributed by atoms with Crippen LogP contribution >= 0.6 is 0 Å². The van der Waals surface area contributed by atoms with Gasteiger partial charge in [-0.05, 0) is 51.6 Å². The molecule has 2 rings (SSSR count). The lowest BCUT2D eigenvalue weighted by atomic mass is 10.1. The van der Waals surface area contributed by atoms with E-state index in [0.29, 0.717) is 24.7 Å². The van der Waals surface area contributed by atoms with Crippen LogP contribution in [-0.4, -0.2) is 50.8 Å². The number of hydrogen-bond acceptors (Lipinski definition) is 4. The van der Waals surface area contributed by atoms with Crippen molar-refractivity contribution >= 4 is 15.7 Å². The third kappa shape index (κ3) is 3.20. The number of rotatable bonds is 3. The molecule has 0 aromatic heterocycles. The van der Waals surface area contributed by atoms with Gasteiger partial charge in [0.05, 0.1) is 0 Å². The smallest absolute Gasteiger partial charge is 0.246 e. The number of aryl methyl sites for hydroxylation is 1. The van der Waals surface area contributed by atoms with E-state index in [2.05, 4.69) is 4.90 Å². The van der Waals surface area contributed by atoms with E-state index < -0.39 is 15.8 Å². The highest BCUT2D eigenvalue weighted by Crippen LogP contribution is 2.27. The Kier molecular flexibility index (Phi) is 4.55. The van der Waals surface area contributed by atoms with Crippen molar-refractivity contribution in [3.05, 3.63) is 23.5 Å². The standard InChI is InChI=1S/C14H22FN3O2S/c1-10-8-12(15)14(9-13(10)16)21(19,20)18-6-4-11(5-7-18)17(2)3/h8-9,11H,4-7,16H2,1-3H3. The van der Waals surface area contributed by atoms with Crippen LogP contribution in [0.25, 0.3) is 0 Å². The van der Waals surface area contributed by atoms with E-state index in [1.54, 1.807) is 6.92 Å². The maximum Gasteiger partial charge on any atom is 0.246 e. The Labute approximate surface area is 125 Å². The number of nitrogens with zero attached hydrogens (tertiary/aromatic N) is 2. The van der Waals surface area contributed by atoms with Crippen molar-refractivity contribution in [2.75, 3.05) is 32.9 Å². The molecule has 1 fully saturated rings. The van der Waals surface area contributed by atoms with Crippen LogP contribution in [-0.2, 0) is 10.0 Å². The van der Waals surface area contributed by atoms with Crippen LogP contribution in [0.1, 0.15) is 18.4 Å². The fourth-order valence-corrected chi connectivity index (χ4v) is 4.16. The van der Waals surface area contributed by atoms with E-state index in [9.17, 15) is 12.8 Å². The van der Waals surface area contributed by atoms with Gasteiger partial charge in [0, 0.05) is 24.8 Å². The topological polar surface area (TPSA) is 66.6 Å². The first-order valence-electron chi connectivity index (χ1n) is 6.95. The molecule has 21 heavy (non-hydrogen) atoms. The van der Waals surface area contributed by atoms with Crippen molar-refractivity contribution < 1.29 is 12.8 Å². The molecule has 0 saturated carbocycles. The highest BCUT2D eigenvalue weighted by Gasteiger charge is 2.32. The lowest BCUT2D eigenvalue weighted by Gasteiger charge is -2.34. The molecule has 1 aromatic rings. The summed E-state index contributed by atoms with van der Waals surface area (Å²) in [6.45, 7) is 2.45. The molecule has 0 spiro atoms. The van der Waals surface area contributed by atoms with Crippen LogP contribution in [0, 0.1) is 12.7 Å². The summed E-state index contributed by atoms with van der Waals surface area (Å²) in [6, 6.07) is 2.76. The normalized spacial score (nSPS) is 18.3. The van der Waals surface area contributed by atoms with Gasteiger partial charge in [-0.3, -0.25) is 0 Å². The Morgan fingerprint density at radius 1 is 1.29 bits per heavy atom. The van der Waals surface area contributed by atoms with Gasteiger partial charge in [-0.2, -0.15) is 4.31 Å². The predicted molar refractivity (Wildman–Crippen MR) is 81.0 cm³/mol. The molecule has 0 amide bonds. The van der Waals surface area contributed by atoms with Gasteiger partial charge in [-0.25, -0.2) is 12.8 Å². The number of benzene rings is 1. The third-order valence-electron chi connectivity index (χ3n) is 4.09. The van der Waals surface area contributed by atoms with Crippen LogP contribution in [0.5, 0.6) is 0 Å². The van der Waals surface area contributed by atoms with Crippen molar-refractivity contribution in [1.29, 1.82) is 0 Å². The SMILES string of the molecule is Cc1cc(F)c(S(=O)(=O)N2CCC(N(C)C)CC2)cc1N. The number of piperidine rings is 1. The molecule has 7 heteroatoms. The zero-order chi connectivity index (χ0) is 15.8. The quantitative estimate of drug-likeness (QED) is 0.857. The van der Waals surface area contributed by atoms with E-state index >= 15 is 0 Å². The summed E-state index contributed by atoms with van der Waals surface area (Å²) in [4.78, 5) is 1.77. The first-order valence-corrected chi connectivity index (χ1v) is 8.39. The average Bonchev–Trinajstić information content (AvgIpc) is 2.42. The van der Waals surface area contributed by atoms with Gasteiger partial charge in [0.1, 0.15) is 10.7 Å². The Morgan fingerprint density at radius 2 is 1.86 bits per heavy atom. The number of hydrogen-bond donors (Lipinski definition) is 1. The fourth-order valence-electron chi connectivity index (χ4n) is 2.60. The van der Waals surface area contributed by atoms with Gasteiger partial charge in [-0.15, -0.1) is 0 Å². The highest BCUT2D eigenvalue weighted by atomic mass is 32.2. The maximum absolute atomic E-state index is 14.0. The van der Waals surface area contributed by atoms with Crippen LogP contribution in [0.15, 0.2) is 17.0 Å². The summed E-state index contributed by atoms with van der Waals surface area (Å²) >= 11 is 0. The van der Waals surface area contributed by atoms with E-state index in [0.717, 1.165) is 12.8 Å². The summed E-state index contributed by atoms with van der Waals surface area (Å²) in [5.74, 6) is -0.739. The van der Waals surface area contributed by atoms with Crippen LogP contribution in [0.2, 0.25) is 0 Å². The number of anilines is 1. The molecule has 5 nitrogen and oxygen atoms in total. The zero-order valence-electron chi connectivity index (χ0n) is 12.6. The summed E-state index contributed by atoms with van der Waals surface area (Å²) in [5.41, 5.74) is 6.55. The average molecular weight is 315 g/mol. The lowest BCUT2D eigenvalue weighted by Crippen LogP contribution is -2.44. The second kappa shape index (κ2) is 5.90. The molecule has 0 atom stereocenters. The van der Waals surface area contributed by atoms with E-state index in [-0.39, 0.29) is 10.6 Å². The molecular weight excluding hydrogens is 293 g/mol. The molecule has 1 aromatic carbocycles. The monoisotopic (exact) mass is 315 g/mol. The molecular formula is C14H22FN3O2S. The number of nitrogens with two attached hydrogens (primary N) is 1. The maximum atomic E-state index is 14.0. The van der Waals surface area contributed by atoms with Gasteiger partial charge >= 0.3 is 0 Å². The minimum atomic E-state index is -3.82. The molecule has 1 aliphatic heterocycles. The first kappa shape index (κ1) is 16.2. The predicted octanol–water partition coefficient (Wildman–Crippen LogP) is 1.43. The van der Waals surface area contributed by atoms with Crippen molar-refractivity contribution in [2.45, 2.75) is 30.7 Å². The zero-order valence-corrected chi connectivity index (χ0v) is 13.5.